The lowest BCUT2D eigenvalue weighted by Crippen LogP contribution is -2.42. The number of fused-ring (bicyclic) bond motifs is 1. The Bertz CT molecular complexity index is 614. The van der Waals surface area contributed by atoms with Gasteiger partial charge in [-0.15, -0.1) is 0 Å². The van der Waals surface area contributed by atoms with Gasteiger partial charge in [0.25, 0.3) is 0 Å². The summed E-state index contributed by atoms with van der Waals surface area (Å²) in [7, 11) is -3.77. The molecular weight excluding hydrogens is 252 g/mol. The van der Waals surface area contributed by atoms with Crippen molar-refractivity contribution >= 4 is 15.8 Å². The second-order valence-corrected chi connectivity index (χ2v) is 7.56. The maximum absolute atomic E-state index is 12.3. The van der Waals surface area contributed by atoms with E-state index < -0.39 is 26.5 Å². The van der Waals surface area contributed by atoms with Gasteiger partial charge in [-0.2, -0.15) is 0 Å². The van der Waals surface area contributed by atoms with Crippen molar-refractivity contribution in [2.45, 2.75) is 42.8 Å². The summed E-state index contributed by atoms with van der Waals surface area (Å²) in [6.07, 6.45) is 0.112. The summed E-state index contributed by atoms with van der Waals surface area (Å²) in [5.41, 5.74) is 1.25. The zero-order valence-electron chi connectivity index (χ0n) is 10.6. The van der Waals surface area contributed by atoms with Crippen LogP contribution in [0.15, 0.2) is 23.1 Å². The molecule has 0 fully saturated rings. The highest BCUT2D eigenvalue weighted by Gasteiger charge is 2.46. The van der Waals surface area contributed by atoms with Gasteiger partial charge in [-0.25, -0.2) is 8.42 Å². The minimum absolute atomic E-state index is 0.112. The van der Waals surface area contributed by atoms with Gasteiger partial charge < -0.3 is 5.11 Å². The van der Waals surface area contributed by atoms with Crippen LogP contribution in [0.1, 0.15) is 31.4 Å². The number of rotatable bonds is 1. The van der Waals surface area contributed by atoms with Crippen LogP contribution in [0, 0.1) is 6.92 Å². The molecule has 1 aromatic rings. The molecule has 1 aliphatic heterocycles. The van der Waals surface area contributed by atoms with Crippen LogP contribution in [0.3, 0.4) is 0 Å². The van der Waals surface area contributed by atoms with E-state index in [9.17, 15) is 13.2 Å². The van der Waals surface area contributed by atoms with E-state index in [-0.39, 0.29) is 11.3 Å². The molecule has 5 heteroatoms. The van der Waals surface area contributed by atoms with Crippen LogP contribution in [0.5, 0.6) is 0 Å². The number of carboxylic acids is 1. The molecule has 0 aromatic heterocycles. The zero-order chi connectivity index (χ0) is 13.7. The van der Waals surface area contributed by atoms with E-state index in [4.69, 9.17) is 5.11 Å². The summed E-state index contributed by atoms with van der Waals surface area (Å²) in [5.74, 6) is -1.27. The Labute approximate surface area is 107 Å². The fraction of sp³-hybridized carbons (Fsp3) is 0.462. The van der Waals surface area contributed by atoms with Crippen molar-refractivity contribution in [2.75, 3.05) is 0 Å². The van der Waals surface area contributed by atoms with Crippen LogP contribution in [0.2, 0.25) is 0 Å². The average molecular weight is 268 g/mol. The molecule has 98 valence electrons. The minimum Gasteiger partial charge on any atom is -0.480 e. The van der Waals surface area contributed by atoms with Gasteiger partial charge >= 0.3 is 5.97 Å². The molecule has 0 radical (unpaired) electrons. The highest BCUT2D eigenvalue weighted by Crippen LogP contribution is 2.42. The monoisotopic (exact) mass is 268 g/mol. The lowest BCUT2D eigenvalue weighted by atomic mass is 9.79. The van der Waals surface area contributed by atoms with Gasteiger partial charge in [0, 0.05) is 0 Å². The standard InChI is InChI=1S/C13H16O4S/c1-8-4-5-10-9(6-8)13(2,3)7-11(12(14)15)18(10,16)17/h4-6,11H,7H2,1-3H3,(H,14,15). The summed E-state index contributed by atoms with van der Waals surface area (Å²) in [6, 6.07) is 5.07. The van der Waals surface area contributed by atoms with Crippen molar-refractivity contribution in [1.29, 1.82) is 0 Å². The van der Waals surface area contributed by atoms with Crippen LogP contribution in [-0.4, -0.2) is 24.7 Å². The first-order valence-electron chi connectivity index (χ1n) is 5.74. The number of carbonyl (C=O) groups is 1. The summed E-state index contributed by atoms with van der Waals surface area (Å²) in [4.78, 5) is 11.3. The van der Waals surface area contributed by atoms with E-state index in [1.807, 2.05) is 26.8 Å². The van der Waals surface area contributed by atoms with Gasteiger partial charge in [-0.3, -0.25) is 4.79 Å². The normalized spacial score (nSPS) is 24.3. The molecule has 4 nitrogen and oxygen atoms in total. The van der Waals surface area contributed by atoms with Crippen LogP contribution in [0.4, 0.5) is 0 Å². The summed E-state index contributed by atoms with van der Waals surface area (Å²) in [6.45, 7) is 5.66. The predicted molar refractivity (Wildman–Crippen MR) is 67.4 cm³/mol. The Morgan fingerprint density at radius 2 is 2.00 bits per heavy atom. The van der Waals surface area contributed by atoms with Gasteiger partial charge in [-0.1, -0.05) is 31.5 Å². The average Bonchev–Trinajstić information content (AvgIpc) is 2.23. The molecule has 1 atom stereocenters. The zero-order valence-corrected chi connectivity index (χ0v) is 11.4. The van der Waals surface area contributed by atoms with E-state index in [1.165, 1.54) is 6.07 Å². The van der Waals surface area contributed by atoms with Crippen LogP contribution in [-0.2, 0) is 20.0 Å². The first-order chi connectivity index (χ1) is 8.16. The third-order valence-corrected chi connectivity index (χ3v) is 5.60. The fourth-order valence-electron chi connectivity index (χ4n) is 2.48. The summed E-state index contributed by atoms with van der Waals surface area (Å²) in [5, 5.41) is 7.76. The number of aryl methyl sites for hydroxylation is 1. The van der Waals surface area contributed by atoms with Crippen molar-refractivity contribution in [3.8, 4) is 0 Å². The Hall–Kier alpha value is -1.36. The van der Waals surface area contributed by atoms with Crippen molar-refractivity contribution in [1.82, 2.24) is 0 Å². The molecule has 1 N–H and O–H groups in total. The van der Waals surface area contributed by atoms with Crippen molar-refractivity contribution < 1.29 is 18.3 Å². The van der Waals surface area contributed by atoms with Crippen LogP contribution in [0.25, 0.3) is 0 Å². The topological polar surface area (TPSA) is 71.4 Å². The third kappa shape index (κ3) is 1.82. The molecule has 1 aliphatic rings. The van der Waals surface area contributed by atoms with Crippen molar-refractivity contribution in [3.05, 3.63) is 29.3 Å². The van der Waals surface area contributed by atoms with Crippen LogP contribution < -0.4 is 0 Å². The maximum Gasteiger partial charge on any atom is 0.322 e. The molecule has 0 bridgehead atoms. The van der Waals surface area contributed by atoms with E-state index in [1.54, 1.807) is 6.07 Å². The molecule has 0 saturated carbocycles. The lowest BCUT2D eigenvalue weighted by Gasteiger charge is -2.35. The second-order valence-electron chi connectivity index (χ2n) is 5.46. The SMILES string of the molecule is Cc1ccc2c(c1)C(C)(C)CC(C(=O)O)S2(=O)=O. The van der Waals surface area contributed by atoms with Crippen molar-refractivity contribution in [2.24, 2.45) is 0 Å². The number of aliphatic carboxylic acids is 1. The van der Waals surface area contributed by atoms with Crippen LogP contribution >= 0.6 is 0 Å². The molecule has 0 aliphatic carbocycles. The van der Waals surface area contributed by atoms with Gasteiger partial charge in [-0.05, 0) is 30.4 Å². The number of carboxylic acid groups (broad SMARTS) is 1. The maximum atomic E-state index is 12.3. The highest BCUT2D eigenvalue weighted by atomic mass is 32.2. The van der Waals surface area contributed by atoms with E-state index in [0.29, 0.717) is 0 Å². The quantitative estimate of drug-likeness (QED) is 0.844. The van der Waals surface area contributed by atoms with Gasteiger partial charge in [0.2, 0.25) is 0 Å². The molecule has 1 heterocycles. The first kappa shape index (κ1) is 13.1. The van der Waals surface area contributed by atoms with E-state index >= 15 is 0 Å². The Balaban J connectivity index is 2.76. The molecule has 18 heavy (non-hydrogen) atoms. The van der Waals surface area contributed by atoms with Gasteiger partial charge in [0.15, 0.2) is 15.1 Å². The first-order valence-corrected chi connectivity index (χ1v) is 7.29. The molecule has 1 aromatic carbocycles. The lowest BCUT2D eigenvalue weighted by molar-refractivity contribution is -0.137. The molecule has 0 saturated heterocycles. The Kier molecular flexibility index (Phi) is 2.77. The summed E-state index contributed by atoms with van der Waals surface area (Å²) >= 11 is 0. The number of benzene rings is 1. The molecule has 0 amide bonds. The molecular formula is C13H16O4S. The smallest absolute Gasteiger partial charge is 0.322 e. The van der Waals surface area contributed by atoms with Gasteiger partial charge in [0.1, 0.15) is 0 Å². The minimum atomic E-state index is -3.77. The largest absolute Gasteiger partial charge is 0.480 e. The molecule has 1 unspecified atom stereocenters. The summed E-state index contributed by atoms with van der Waals surface area (Å²) < 4.78 is 24.5. The number of hydrogen-bond acceptors (Lipinski definition) is 3. The van der Waals surface area contributed by atoms with Crippen molar-refractivity contribution in [3.63, 3.8) is 0 Å². The Morgan fingerprint density at radius 3 is 2.56 bits per heavy atom. The van der Waals surface area contributed by atoms with E-state index in [2.05, 4.69) is 0 Å². The highest BCUT2D eigenvalue weighted by molar-refractivity contribution is 7.93. The fourth-order valence-corrected chi connectivity index (χ4v) is 4.58. The third-order valence-electron chi connectivity index (χ3n) is 3.52. The number of hydrogen-bond donors (Lipinski definition) is 1. The number of sulfone groups is 1. The van der Waals surface area contributed by atoms with Gasteiger partial charge in [0.05, 0.1) is 4.90 Å². The molecule has 0 spiro atoms. The van der Waals surface area contributed by atoms with E-state index in [0.717, 1.165) is 11.1 Å². The molecule has 2 rings (SSSR count). The predicted octanol–water partition coefficient (Wildman–Crippen LogP) is 1.90. The Morgan fingerprint density at radius 1 is 1.39 bits per heavy atom. The second kappa shape index (κ2) is 3.82.